The van der Waals surface area contributed by atoms with Crippen LogP contribution in [-0.2, 0) is 10.0 Å². The zero-order valence-corrected chi connectivity index (χ0v) is 13.1. The lowest BCUT2D eigenvalue weighted by molar-refractivity contribution is 0.373. The summed E-state index contributed by atoms with van der Waals surface area (Å²) in [6.45, 7) is 0.938. The molecule has 0 aromatic heterocycles. The summed E-state index contributed by atoms with van der Waals surface area (Å²) in [6.07, 6.45) is 6.54. The second-order valence-electron chi connectivity index (χ2n) is 5.07. The smallest absolute Gasteiger partial charge is 0.238 e. The normalized spacial score (nSPS) is 17.4. The van der Waals surface area contributed by atoms with Gasteiger partial charge in [-0.1, -0.05) is 19.3 Å². The number of anilines is 1. The van der Waals surface area contributed by atoms with E-state index in [1.807, 2.05) is 0 Å². The maximum absolute atomic E-state index is 11.2. The zero-order chi connectivity index (χ0) is 13.9. The highest BCUT2D eigenvalue weighted by Gasteiger charge is 2.14. The topological polar surface area (TPSA) is 72.2 Å². The molecule has 0 atom stereocenters. The van der Waals surface area contributed by atoms with Crippen LogP contribution in [0.3, 0.4) is 0 Å². The number of nitrogens with two attached hydrogens (primary N) is 1. The van der Waals surface area contributed by atoms with Crippen LogP contribution in [0.25, 0.3) is 0 Å². The van der Waals surface area contributed by atoms with E-state index in [-0.39, 0.29) is 4.90 Å². The molecule has 1 saturated carbocycles. The van der Waals surface area contributed by atoms with Crippen LogP contribution in [0.1, 0.15) is 32.1 Å². The van der Waals surface area contributed by atoms with Gasteiger partial charge in [0.25, 0.3) is 0 Å². The Hall–Kier alpha value is -0.590. The molecule has 1 aromatic carbocycles. The lowest BCUT2D eigenvalue weighted by atomic mass is 9.89. The van der Waals surface area contributed by atoms with E-state index in [0.717, 1.165) is 22.6 Å². The Morgan fingerprint density at radius 3 is 2.53 bits per heavy atom. The quantitative estimate of drug-likeness (QED) is 0.879. The molecule has 19 heavy (non-hydrogen) atoms. The number of rotatable bonds is 4. The molecule has 3 N–H and O–H groups in total. The van der Waals surface area contributed by atoms with Gasteiger partial charge < -0.3 is 5.32 Å². The first-order chi connectivity index (χ1) is 8.97. The molecule has 4 nitrogen and oxygen atoms in total. The Morgan fingerprint density at radius 2 is 1.95 bits per heavy atom. The van der Waals surface area contributed by atoms with Crippen LogP contribution < -0.4 is 10.5 Å². The van der Waals surface area contributed by atoms with Crippen molar-refractivity contribution in [1.29, 1.82) is 0 Å². The summed E-state index contributed by atoms with van der Waals surface area (Å²) in [6, 6.07) is 4.83. The van der Waals surface area contributed by atoms with Gasteiger partial charge in [-0.3, -0.25) is 0 Å². The van der Waals surface area contributed by atoms with Gasteiger partial charge in [0.15, 0.2) is 0 Å². The minimum atomic E-state index is -3.64. The van der Waals surface area contributed by atoms with Crippen LogP contribution in [0.5, 0.6) is 0 Å². The van der Waals surface area contributed by atoms with Crippen molar-refractivity contribution in [2.45, 2.75) is 37.0 Å². The molecule has 0 radical (unpaired) electrons. The minimum Gasteiger partial charge on any atom is -0.384 e. The van der Waals surface area contributed by atoms with E-state index in [9.17, 15) is 8.42 Å². The monoisotopic (exact) mass is 346 g/mol. The van der Waals surface area contributed by atoms with E-state index in [1.165, 1.54) is 38.2 Å². The average Bonchev–Trinajstić information content (AvgIpc) is 2.37. The summed E-state index contributed by atoms with van der Waals surface area (Å²) in [7, 11) is -3.64. The summed E-state index contributed by atoms with van der Waals surface area (Å²) >= 11 is 3.38. The Bertz CT molecular complexity index is 540. The molecule has 0 heterocycles. The Balaban J connectivity index is 2.01. The number of benzene rings is 1. The number of primary sulfonamides is 1. The molecule has 0 aliphatic heterocycles. The fourth-order valence-corrected chi connectivity index (χ4v) is 3.67. The molecule has 0 unspecified atom stereocenters. The lowest BCUT2D eigenvalue weighted by Crippen LogP contribution is -2.17. The first-order valence-electron chi connectivity index (χ1n) is 6.53. The van der Waals surface area contributed by atoms with Gasteiger partial charge in [-0.25, -0.2) is 13.6 Å². The molecule has 1 aliphatic carbocycles. The molecule has 1 aromatic rings. The third-order valence-electron chi connectivity index (χ3n) is 3.58. The van der Waals surface area contributed by atoms with Crippen molar-refractivity contribution < 1.29 is 8.42 Å². The van der Waals surface area contributed by atoms with Crippen molar-refractivity contribution in [2.75, 3.05) is 11.9 Å². The third-order valence-corrected chi connectivity index (χ3v) is 5.14. The first kappa shape index (κ1) is 14.8. The predicted molar refractivity (Wildman–Crippen MR) is 80.6 cm³/mol. The Kier molecular flexibility index (Phi) is 4.86. The predicted octanol–water partition coefficient (Wildman–Crippen LogP) is 3.09. The van der Waals surface area contributed by atoms with Crippen LogP contribution in [0.15, 0.2) is 27.6 Å². The van der Waals surface area contributed by atoms with Crippen molar-refractivity contribution >= 4 is 31.6 Å². The van der Waals surface area contributed by atoms with E-state index in [1.54, 1.807) is 12.1 Å². The van der Waals surface area contributed by atoms with Gasteiger partial charge >= 0.3 is 0 Å². The summed E-state index contributed by atoms with van der Waals surface area (Å²) in [4.78, 5) is 0.127. The number of hydrogen-bond donors (Lipinski definition) is 2. The average molecular weight is 347 g/mol. The van der Waals surface area contributed by atoms with E-state index in [2.05, 4.69) is 21.2 Å². The molecular weight excluding hydrogens is 328 g/mol. The number of halogens is 1. The van der Waals surface area contributed by atoms with E-state index in [4.69, 9.17) is 5.14 Å². The van der Waals surface area contributed by atoms with Gasteiger partial charge in [-0.15, -0.1) is 0 Å². The summed E-state index contributed by atoms with van der Waals surface area (Å²) in [5.41, 5.74) is 0.915. The molecule has 0 spiro atoms. The Labute approximate surface area is 122 Å². The standard InChI is InChI=1S/C13H19BrN2O2S/c14-12-8-11(19(15,17)18)6-7-13(12)16-9-10-4-2-1-3-5-10/h6-8,10,16H,1-5,9H2,(H2,15,17,18). The van der Waals surface area contributed by atoms with Gasteiger partial charge in [-0.2, -0.15) is 0 Å². The minimum absolute atomic E-state index is 0.127. The summed E-state index contributed by atoms with van der Waals surface area (Å²) in [5, 5.41) is 8.48. The maximum atomic E-state index is 11.2. The second kappa shape index (κ2) is 6.24. The molecule has 0 bridgehead atoms. The molecule has 0 saturated heterocycles. The van der Waals surface area contributed by atoms with Crippen molar-refractivity contribution in [3.8, 4) is 0 Å². The van der Waals surface area contributed by atoms with Crippen molar-refractivity contribution in [1.82, 2.24) is 0 Å². The third kappa shape index (κ3) is 4.19. The van der Waals surface area contributed by atoms with E-state index in [0.29, 0.717) is 0 Å². The zero-order valence-electron chi connectivity index (χ0n) is 10.7. The second-order valence-corrected chi connectivity index (χ2v) is 7.49. The summed E-state index contributed by atoms with van der Waals surface area (Å²) < 4.78 is 23.2. The molecule has 1 fully saturated rings. The van der Waals surface area contributed by atoms with Crippen LogP contribution in [0.4, 0.5) is 5.69 Å². The highest BCUT2D eigenvalue weighted by Crippen LogP contribution is 2.28. The van der Waals surface area contributed by atoms with Crippen LogP contribution >= 0.6 is 15.9 Å². The molecule has 106 valence electrons. The number of nitrogens with one attached hydrogen (secondary N) is 1. The fraction of sp³-hybridized carbons (Fsp3) is 0.538. The fourth-order valence-electron chi connectivity index (χ4n) is 2.46. The molecule has 1 aliphatic rings. The highest BCUT2D eigenvalue weighted by atomic mass is 79.9. The number of sulfonamides is 1. The van der Waals surface area contributed by atoms with Gasteiger partial charge in [0, 0.05) is 16.7 Å². The van der Waals surface area contributed by atoms with Crippen molar-refractivity contribution in [2.24, 2.45) is 11.1 Å². The van der Waals surface area contributed by atoms with Crippen molar-refractivity contribution in [3.63, 3.8) is 0 Å². The maximum Gasteiger partial charge on any atom is 0.238 e. The van der Waals surface area contributed by atoms with Crippen LogP contribution in [0, 0.1) is 5.92 Å². The molecule has 0 amide bonds. The molecule has 6 heteroatoms. The van der Waals surface area contributed by atoms with Gasteiger partial charge in [0.05, 0.1) is 4.90 Å². The van der Waals surface area contributed by atoms with Crippen molar-refractivity contribution in [3.05, 3.63) is 22.7 Å². The van der Waals surface area contributed by atoms with Gasteiger partial charge in [-0.05, 0) is 52.9 Å². The van der Waals surface area contributed by atoms with Crippen LogP contribution in [0.2, 0.25) is 0 Å². The highest BCUT2D eigenvalue weighted by molar-refractivity contribution is 9.10. The van der Waals surface area contributed by atoms with E-state index >= 15 is 0 Å². The first-order valence-corrected chi connectivity index (χ1v) is 8.87. The Morgan fingerprint density at radius 1 is 1.26 bits per heavy atom. The molecule has 2 rings (SSSR count). The number of hydrogen-bond acceptors (Lipinski definition) is 3. The van der Waals surface area contributed by atoms with E-state index < -0.39 is 10.0 Å². The SMILES string of the molecule is NS(=O)(=O)c1ccc(NCC2CCCCC2)c(Br)c1. The van der Waals surface area contributed by atoms with Crippen LogP contribution in [-0.4, -0.2) is 15.0 Å². The van der Waals surface area contributed by atoms with Gasteiger partial charge in [0.1, 0.15) is 0 Å². The van der Waals surface area contributed by atoms with Gasteiger partial charge in [0.2, 0.25) is 10.0 Å². The lowest BCUT2D eigenvalue weighted by Gasteiger charge is -2.22. The largest absolute Gasteiger partial charge is 0.384 e. The summed E-state index contributed by atoms with van der Waals surface area (Å²) in [5.74, 6) is 0.721. The molecular formula is C13H19BrN2O2S.